The Morgan fingerprint density at radius 1 is 1.05 bits per heavy atom. The standard InChI is InChI=1S/C15H26N2O2.ClH/c16-12-8-10-4-3-5-11(9-12)14(10)17-15(18)13-6-1-2-7-19-13;/h10-14H,1-9,16H2,(H,17,18);1H. The van der Waals surface area contributed by atoms with Crippen LogP contribution in [0, 0.1) is 11.8 Å². The molecule has 3 fully saturated rings. The molecule has 2 saturated carbocycles. The van der Waals surface area contributed by atoms with Crippen molar-refractivity contribution in [3.05, 3.63) is 0 Å². The number of nitrogens with one attached hydrogen (secondary N) is 1. The zero-order valence-corrected chi connectivity index (χ0v) is 12.9. The lowest BCUT2D eigenvalue weighted by molar-refractivity contribution is -0.137. The predicted molar refractivity (Wildman–Crippen MR) is 80.8 cm³/mol. The molecule has 4 nitrogen and oxygen atoms in total. The molecule has 0 radical (unpaired) electrons. The van der Waals surface area contributed by atoms with Crippen LogP contribution < -0.4 is 11.1 Å². The van der Waals surface area contributed by atoms with Gasteiger partial charge >= 0.3 is 0 Å². The summed E-state index contributed by atoms with van der Waals surface area (Å²) in [6.45, 7) is 0.737. The van der Waals surface area contributed by atoms with Gasteiger partial charge in [-0.05, 0) is 56.8 Å². The van der Waals surface area contributed by atoms with Crippen molar-refractivity contribution in [2.24, 2.45) is 17.6 Å². The Hall–Kier alpha value is -0.320. The van der Waals surface area contributed by atoms with Crippen molar-refractivity contribution < 1.29 is 9.53 Å². The van der Waals surface area contributed by atoms with E-state index in [4.69, 9.17) is 10.5 Å². The summed E-state index contributed by atoms with van der Waals surface area (Å²) in [5.74, 6) is 1.31. The van der Waals surface area contributed by atoms with Crippen LogP contribution in [-0.2, 0) is 9.53 Å². The summed E-state index contributed by atoms with van der Waals surface area (Å²) in [4.78, 5) is 12.3. The minimum Gasteiger partial charge on any atom is -0.368 e. The van der Waals surface area contributed by atoms with E-state index in [1.807, 2.05) is 0 Å². The highest BCUT2D eigenvalue weighted by Gasteiger charge is 2.40. The van der Waals surface area contributed by atoms with E-state index in [2.05, 4.69) is 5.32 Å². The van der Waals surface area contributed by atoms with E-state index in [-0.39, 0.29) is 24.4 Å². The molecule has 0 aromatic carbocycles. The third kappa shape index (κ3) is 3.46. The number of hydrogen-bond donors (Lipinski definition) is 2. The summed E-state index contributed by atoms with van der Waals surface area (Å²) in [5, 5.41) is 3.29. The second kappa shape index (κ2) is 7.10. The van der Waals surface area contributed by atoms with Crippen molar-refractivity contribution in [1.29, 1.82) is 0 Å². The Morgan fingerprint density at radius 2 is 1.75 bits per heavy atom. The normalized spacial score (nSPS) is 40.5. The lowest BCUT2D eigenvalue weighted by atomic mass is 9.67. The molecule has 2 bridgehead atoms. The van der Waals surface area contributed by atoms with Crippen LogP contribution in [0.25, 0.3) is 0 Å². The summed E-state index contributed by atoms with van der Waals surface area (Å²) in [7, 11) is 0. The van der Waals surface area contributed by atoms with Crippen LogP contribution in [-0.4, -0.2) is 30.7 Å². The summed E-state index contributed by atoms with van der Waals surface area (Å²) in [6.07, 6.45) is 8.78. The van der Waals surface area contributed by atoms with Gasteiger partial charge in [0.15, 0.2) is 0 Å². The maximum atomic E-state index is 12.3. The van der Waals surface area contributed by atoms with Gasteiger partial charge in [-0.25, -0.2) is 0 Å². The van der Waals surface area contributed by atoms with E-state index in [1.54, 1.807) is 0 Å². The van der Waals surface area contributed by atoms with E-state index in [0.717, 1.165) is 38.7 Å². The predicted octanol–water partition coefficient (Wildman–Crippen LogP) is 2.00. The molecule has 0 aromatic heterocycles. The average Bonchev–Trinajstić information content (AvgIpc) is 2.41. The average molecular weight is 303 g/mol. The zero-order valence-electron chi connectivity index (χ0n) is 12.1. The second-order valence-corrected chi connectivity index (χ2v) is 6.57. The van der Waals surface area contributed by atoms with E-state index < -0.39 is 0 Å². The smallest absolute Gasteiger partial charge is 0.249 e. The van der Waals surface area contributed by atoms with Gasteiger partial charge in [-0.15, -0.1) is 12.4 Å². The number of halogens is 1. The second-order valence-electron chi connectivity index (χ2n) is 6.57. The van der Waals surface area contributed by atoms with E-state index >= 15 is 0 Å². The van der Waals surface area contributed by atoms with Gasteiger partial charge < -0.3 is 15.8 Å². The molecular weight excluding hydrogens is 276 g/mol. The van der Waals surface area contributed by atoms with Crippen molar-refractivity contribution in [2.45, 2.75) is 69.6 Å². The van der Waals surface area contributed by atoms with Gasteiger partial charge in [0.05, 0.1) is 0 Å². The first-order valence-electron chi connectivity index (χ1n) is 7.91. The molecule has 0 aromatic rings. The fourth-order valence-corrected chi connectivity index (χ4v) is 4.23. The molecule has 3 N–H and O–H groups in total. The van der Waals surface area contributed by atoms with E-state index in [1.165, 1.54) is 19.3 Å². The SMILES string of the molecule is Cl.NC1CC2CCCC(C1)C2NC(=O)C1CCCCO1. The molecule has 3 rings (SSSR count). The first-order chi connectivity index (χ1) is 9.24. The molecule has 2 aliphatic carbocycles. The molecule has 3 unspecified atom stereocenters. The minimum absolute atomic E-state index is 0. The van der Waals surface area contributed by atoms with Gasteiger partial charge in [0.25, 0.3) is 0 Å². The molecule has 3 atom stereocenters. The highest BCUT2D eigenvalue weighted by Crippen LogP contribution is 2.39. The molecule has 20 heavy (non-hydrogen) atoms. The molecule has 1 heterocycles. The van der Waals surface area contributed by atoms with Gasteiger partial charge in [0.1, 0.15) is 6.10 Å². The maximum Gasteiger partial charge on any atom is 0.249 e. The van der Waals surface area contributed by atoms with Crippen LogP contribution in [0.4, 0.5) is 0 Å². The third-order valence-electron chi connectivity index (χ3n) is 5.16. The maximum absolute atomic E-state index is 12.3. The van der Waals surface area contributed by atoms with Crippen molar-refractivity contribution in [2.75, 3.05) is 6.61 Å². The quantitative estimate of drug-likeness (QED) is 0.820. The third-order valence-corrected chi connectivity index (χ3v) is 5.16. The van der Waals surface area contributed by atoms with Crippen LogP contribution in [0.3, 0.4) is 0 Å². The number of ether oxygens (including phenoxy) is 1. The summed E-state index contributed by atoms with van der Waals surface area (Å²) < 4.78 is 5.59. The largest absolute Gasteiger partial charge is 0.368 e. The fraction of sp³-hybridized carbons (Fsp3) is 0.933. The van der Waals surface area contributed by atoms with E-state index in [9.17, 15) is 4.79 Å². The topological polar surface area (TPSA) is 64.3 Å². The molecule has 0 spiro atoms. The van der Waals surface area contributed by atoms with Crippen molar-refractivity contribution >= 4 is 18.3 Å². The summed E-state index contributed by atoms with van der Waals surface area (Å²) in [6, 6.07) is 0.695. The number of nitrogens with two attached hydrogens (primary N) is 1. The first kappa shape index (κ1) is 16.1. The number of hydrogen-bond acceptors (Lipinski definition) is 3. The summed E-state index contributed by atoms with van der Waals surface area (Å²) in [5.41, 5.74) is 6.12. The van der Waals surface area contributed by atoms with Gasteiger partial charge in [-0.2, -0.15) is 0 Å². The van der Waals surface area contributed by atoms with Crippen molar-refractivity contribution in [3.8, 4) is 0 Å². The molecule has 1 amide bonds. The molecule has 116 valence electrons. The minimum atomic E-state index is -0.204. The molecule has 1 saturated heterocycles. The molecule has 5 heteroatoms. The highest BCUT2D eigenvalue weighted by atomic mass is 35.5. The Kier molecular flexibility index (Phi) is 5.70. The number of rotatable bonds is 2. The number of fused-ring (bicyclic) bond motifs is 2. The molecule has 3 aliphatic rings. The van der Waals surface area contributed by atoms with Crippen LogP contribution in [0.5, 0.6) is 0 Å². The van der Waals surface area contributed by atoms with Crippen molar-refractivity contribution in [1.82, 2.24) is 5.32 Å². The lowest BCUT2D eigenvalue weighted by Crippen LogP contribution is -2.55. The van der Waals surface area contributed by atoms with E-state index in [0.29, 0.717) is 23.9 Å². The Balaban J connectivity index is 0.00000147. The zero-order chi connectivity index (χ0) is 13.2. The number of amides is 1. The number of carbonyl (C=O) groups is 1. The van der Waals surface area contributed by atoms with Crippen LogP contribution in [0.1, 0.15) is 51.4 Å². The molecule has 1 aliphatic heterocycles. The summed E-state index contributed by atoms with van der Waals surface area (Å²) >= 11 is 0. The lowest BCUT2D eigenvalue weighted by Gasteiger charge is -2.45. The van der Waals surface area contributed by atoms with Crippen LogP contribution in [0.15, 0.2) is 0 Å². The number of carbonyl (C=O) groups excluding carboxylic acids is 1. The van der Waals surface area contributed by atoms with Gasteiger partial charge in [0, 0.05) is 18.7 Å². The molecular formula is C15H27ClN2O2. The monoisotopic (exact) mass is 302 g/mol. The van der Waals surface area contributed by atoms with Gasteiger partial charge in [0.2, 0.25) is 5.91 Å². The van der Waals surface area contributed by atoms with Crippen molar-refractivity contribution in [3.63, 3.8) is 0 Å². The van der Waals surface area contributed by atoms with Gasteiger partial charge in [-0.3, -0.25) is 4.79 Å². The fourth-order valence-electron chi connectivity index (χ4n) is 4.23. The van der Waals surface area contributed by atoms with Gasteiger partial charge in [-0.1, -0.05) is 6.42 Å². The Bertz CT molecular complexity index is 320. The Morgan fingerprint density at radius 3 is 2.35 bits per heavy atom. The first-order valence-corrected chi connectivity index (χ1v) is 7.91. The Labute approximate surface area is 127 Å². The van der Waals surface area contributed by atoms with Crippen LogP contribution >= 0.6 is 12.4 Å². The highest BCUT2D eigenvalue weighted by molar-refractivity contribution is 5.85. The van der Waals surface area contributed by atoms with Crippen LogP contribution in [0.2, 0.25) is 0 Å².